The van der Waals surface area contributed by atoms with E-state index in [9.17, 15) is 4.79 Å². The average molecular weight is 566 g/mol. The Bertz CT molecular complexity index is 479. The minimum Gasteiger partial charge on any atom is -0.462 e. The maximum Gasteiger partial charge on any atom is 0.306 e. The molecule has 0 bridgehead atoms. The summed E-state index contributed by atoms with van der Waals surface area (Å²) >= 11 is 0. The van der Waals surface area contributed by atoms with Gasteiger partial charge in [0.2, 0.25) is 0 Å². The van der Waals surface area contributed by atoms with Crippen LogP contribution in [0.2, 0.25) is 0 Å². The largest absolute Gasteiger partial charge is 0.462 e. The molecule has 0 N–H and O–H groups in total. The predicted octanol–water partition coefficient (Wildman–Crippen LogP) is 12.2. The first-order valence-corrected chi connectivity index (χ1v) is 18.6. The molecule has 0 atom stereocenters. The van der Waals surface area contributed by atoms with E-state index in [1.54, 1.807) is 0 Å². The Morgan fingerprint density at radius 3 is 1.25 bits per heavy atom. The van der Waals surface area contributed by atoms with Gasteiger partial charge in [0.25, 0.3) is 0 Å². The van der Waals surface area contributed by atoms with Crippen molar-refractivity contribution in [3.05, 3.63) is 0 Å². The van der Waals surface area contributed by atoms with Gasteiger partial charge in [0.1, 0.15) is 6.10 Å². The fourth-order valence-corrected chi connectivity index (χ4v) is 5.89. The molecule has 0 unspecified atom stereocenters. The molecule has 0 amide bonds. The molecule has 0 spiro atoms. The molecule has 0 saturated carbocycles. The second-order valence-electron chi connectivity index (χ2n) is 12.7. The number of rotatable bonds is 33. The summed E-state index contributed by atoms with van der Waals surface area (Å²) < 4.78 is 6.02. The van der Waals surface area contributed by atoms with E-state index in [2.05, 4.69) is 32.6 Å². The third-order valence-corrected chi connectivity index (χ3v) is 8.53. The zero-order valence-electron chi connectivity index (χ0n) is 28.3. The van der Waals surface area contributed by atoms with Crippen LogP contribution in [-0.2, 0) is 9.53 Å². The predicted molar refractivity (Wildman–Crippen MR) is 178 cm³/mol. The number of nitrogens with zero attached hydrogens (tertiary/aromatic N) is 1. The summed E-state index contributed by atoms with van der Waals surface area (Å²) in [5.74, 6) is 0.0609. The van der Waals surface area contributed by atoms with Crippen LogP contribution in [0, 0.1) is 0 Å². The van der Waals surface area contributed by atoms with Crippen molar-refractivity contribution >= 4 is 5.97 Å². The Morgan fingerprint density at radius 2 is 0.825 bits per heavy atom. The fraction of sp³-hybridized carbons (Fsp3) is 0.973. The monoisotopic (exact) mass is 566 g/mol. The molecule has 0 radical (unpaired) electrons. The number of esters is 1. The van der Waals surface area contributed by atoms with Gasteiger partial charge >= 0.3 is 5.97 Å². The van der Waals surface area contributed by atoms with Gasteiger partial charge in [0, 0.05) is 6.42 Å². The van der Waals surface area contributed by atoms with E-state index in [4.69, 9.17) is 4.74 Å². The molecule has 0 saturated heterocycles. The second-order valence-corrected chi connectivity index (χ2v) is 12.7. The Balaban J connectivity index is 4.03. The molecule has 0 aromatic carbocycles. The molecule has 3 heteroatoms. The molecule has 0 aromatic heterocycles. The van der Waals surface area contributed by atoms with Gasteiger partial charge in [0.05, 0.1) is 0 Å². The molecule has 0 fully saturated rings. The number of hydrogen-bond acceptors (Lipinski definition) is 3. The van der Waals surface area contributed by atoms with Gasteiger partial charge in [0.15, 0.2) is 0 Å². The highest BCUT2D eigenvalue weighted by Gasteiger charge is 2.14. The maximum absolute atomic E-state index is 12.6. The molecule has 0 aliphatic heterocycles. The van der Waals surface area contributed by atoms with Crippen LogP contribution >= 0.6 is 0 Å². The second kappa shape index (κ2) is 32.9. The quantitative estimate of drug-likeness (QED) is 0.0585. The minimum absolute atomic E-state index is 0.0609. The van der Waals surface area contributed by atoms with Gasteiger partial charge in [-0.1, -0.05) is 150 Å². The number of ether oxygens (including phenoxy) is 1. The van der Waals surface area contributed by atoms with Gasteiger partial charge < -0.3 is 9.64 Å². The lowest BCUT2D eigenvalue weighted by molar-refractivity contribution is -0.150. The van der Waals surface area contributed by atoms with Crippen LogP contribution in [0.15, 0.2) is 0 Å². The lowest BCUT2D eigenvalue weighted by Gasteiger charge is -2.21. The Labute approximate surface area is 253 Å². The highest BCUT2D eigenvalue weighted by molar-refractivity contribution is 5.69. The summed E-state index contributed by atoms with van der Waals surface area (Å²) in [6.07, 6.45) is 35.7. The highest BCUT2D eigenvalue weighted by Crippen LogP contribution is 2.18. The van der Waals surface area contributed by atoms with E-state index in [1.165, 1.54) is 174 Å². The zero-order chi connectivity index (χ0) is 29.4. The molecular weight excluding hydrogens is 490 g/mol. The van der Waals surface area contributed by atoms with Gasteiger partial charge in [-0.25, -0.2) is 0 Å². The lowest BCUT2D eigenvalue weighted by Crippen LogP contribution is -2.27. The van der Waals surface area contributed by atoms with E-state index < -0.39 is 0 Å². The molecule has 0 rings (SSSR count). The van der Waals surface area contributed by atoms with Crippen LogP contribution in [0.1, 0.15) is 207 Å². The topological polar surface area (TPSA) is 29.5 Å². The van der Waals surface area contributed by atoms with E-state index in [-0.39, 0.29) is 12.1 Å². The van der Waals surface area contributed by atoms with Crippen molar-refractivity contribution in [2.45, 2.75) is 214 Å². The van der Waals surface area contributed by atoms with Crippen molar-refractivity contribution in [2.75, 3.05) is 19.6 Å². The Hall–Kier alpha value is -0.570. The Morgan fingerprint density at radius 1 is 0.450 bits per heavy atom. The van der Waals surface area contributed by atoms with Crippen molar-refractivity contribution in [2.24, 2.45) is 0 Å². The molecule has 0 aromatic rings. The summed E-state index contributed by atoms with van der Waals surface area (Å²) in [6, 6.07) is 0. The van der Waals surface area contributed by atoms with Crippen molar-refractivity contribution in [3.8, 4) is 0 Å². The van der Waals surface area contributed by atoms with Crippen molar-refractivity contribution < 1.29 is 9.53 Å². The molecule has 3 nitrogen and oxygen atoms in total. The molecule has 0 heterocycles. The number of hydrogen-bond donors (Lipinski definition) is 0. The zero-order valence-corrected chi connectivity index (χ0v) is 28.3. The first-order chi connectivity index (χ1) is 19.7. The Kier molecular flexibility index (Phi) is 32.5. The van der Waals surface area contributed by atoms with Crippen LogP contribution in [0.5, 0.6) is 0 Å². The van der Waals surface area contributed by atoms with E-state index in [0.29, 0.717) is 6.42 Å². The summed E-state index contributed by atoms with van der Waals surface area (Å²) in [6.45, 7) is 12.9. The third-order valence-electron chi connectivity index (χ3n) is 8.53. The third kappa shape index (κ3) is 28.9. The number of unbranched alkanes of at least 4 members (excludes halogenated alkanes) is 20. The van der Waals surface area contributed by atoms with Gasteiger partial charge in [-0.15, -0.1) is 0 Å². The van der Waals surface area contributed by atoms with E-state index >= 15 is 0 Å². The highest BCUT2D eigenvalue weighted by atomic mass is 16.5. The average Bonchev–Trinajstić information content (AvgIpc) is 2.95. The first kappa shape index (κ1) is 39.4. The summed E-state index contributed by atoms with van der Waals surface area (Å²) in [5.41, 5.74) is 0. The van der Waals surface area contributed by atoms with Gasteiger partial charge in [-0.2, -0.15) is 0 Å². The summed E-state index contributed by atoms with van der Waals surface area (Å²) in [5, 5.41) is 0. The van der Waals surface area contributed by atoms with Gasteiger partial charge in [-0.05, 0) is 71.0 Å². The molecule has 40 heavy (non-hydrogen) atoms. The van der Waals surface area contributed by atoms with E-state index in [1.807, 2.05) is 0 Å². The normalized spacial score (nSPS) is 11.7. The van der Waals surface area contributed by atoms with Crippen LogP contribution in [-0.4, -0.2) is 36.6 Å². The number of carbonyl (C=O) groups is 1. The fourth-order valence-electron chi connectivity index (χ4n) is 5.89. The van der Waals surface area contributed by atoms with Crippen LogP contribution in [0.3, 0.4) is 0 Å². The molecule has 0 aliphatic carbocycles. The van der Waals surface area contributed by atoms with Crippen molar-refractivity contribution in [1.82, 2.24) is 4.90 Å². The summed E-state index contributed by atoms with van der Waals surface area (Å²) in [7, 11) is 0. The summed E-state index contributed by atoms with van der Waals surface area (Å²) in [4.78, 5) is 15.3. The van der Waals surface area contributed by atoms with Crippen molar-refractivity contribution in [3.63, 3.8) is 0 Å². The minimum atomic E-state index is 0.0609. The first-order valence-electron chi connectivity index (χ1n) is 18.6. The van der Waals surface area contributed by atoms with Crippen LogP contribution in [0.25, 0.3) is 0 Å². The van der Waals surface area contributed by atoms with Crippen molar-refractivity contribution in [1.29, 1.82) is 0 Å². The van der Waals surface area contributed by atoms with Crippen LogP contribution < -0.4 is 0 Å². The number of carbonyl (C=O) groups excluding carboxylic acids is 1. The molecule has 0 aliphatic rings. The van der Waals surface area contributed by atoms with E-state index in [0.717, 1.165) is 19.3 Å². The maximum atomic E-state index is 12.6. The lowest BCUT2D eigenvalue weighted by atomic mass is 10.0. The smallest absolute Gasteiger partial charge is 0.306 e. The SMILES string of the molecule is CCCCCCCCCN(CCC)CCCCCCCC(=O)OC(CCCCCCCC)CCCCCCCC. The standard InChI is InChI=1S/C37H75NO2/c1-5-9-12-15-18-23-28-34-38(33-8-4)35-29-24-19-22-27-32-37(39)40-36(30-25-20-16-13-10-6-2)31-26-21-17-14-11-7-3/h36H,5-35H2,1-4H3. The van der Waals surface area contributed by atoms with Gasteiger partial charge in [-0.3, -0.25) is 4.79 Å². The molecular formula is C37H75NO2. The molecule has 240 valence electrons. The van der Waals surface area contributed by atoms with Crippen LogP contribution in [0.4, 0.5) is 0 Å².